The van der Waals surface area contributed by atoms with E-state index in [1.807, 2.05) is 6.92 Å². The van der Waals surface area contributed by atoms with Gasteiger partial charge in [0, 0.05) is 17.1 Å². The number of aliphatic hydroxyl groups is 1. The lowest BCUT2D eigenvalue weighted by atomic mass is 10.2. The van der Waals surface area contributed by atoms with Gasteiger partial charge in [-0.3, -0.25) is 4.79 Å². The standard InChI is InChI=1S/C14H17BrFN3O3/c1-8-6-12(13(21)19(8)4-5-20)18-14(22)17-11-3-2-9(15)7-10(11)16/h2-3,7-8,12,20H,4-6H2,1H3,(H2,17,18,22)/t8?,12-/m0/s1. The second-order valence-corrected chi connectivity index (χ2v) is 6.03. The van der Waals surface area contributed by atoms with E-state index in [9.17, 15) is 14.0 Å². The van der Waals surface area contributed by atoms with E-state index < -0.39 is 17.9 Å². The quantitative estimate of drug-likeness (QED) is 0.750. The molecule has 3 amide bonds. The van der Waals surface area contributed by atoms with Crippen LogP contribution in [-0.2, 0) is 4.79 Å². The fraction of sp³-hybridized carbons (Fsp3) is 0.429. The highest BCUT2D eigenvalue weighted by Crippen LogP contribution is 2.21. The molecule has 1 saturated heterocycles. The number of nitrogens with zero attached hydrogens (tertiary/aromatic N) is 1. The van der Waals surface area contributed by atoms with Gasteiger partial charge < -0.3 is 20.6 Å². The molecule has 1 aliphatic rings. The molecule has 1 aliphatic heterocycles. The number of β-amino-alcohol motifs (C(OH)–C–C–N with tert-alkyl or cyclic N) is 1. The fourth-order valence-corrected chi connectivity index (χ4v) is 2.79. The van der Waals surface area contributed by atoms with Gasteiger partial charge in [-0.25, -0.2) is 9.18 Å². The second-order valence-electron chi connectivity index (χ2n) is 5.12. The average molecular weight is 374 g/mol. The van der Waals surface area contributed by atoms with E-state index in [1.54, 1.807) is 6.07 Å². The zero-order valence-corrected chi connectivity index (χ0v) is 13.6. The number of amides is 3. The molecule has 22 heavy (non-hydrogen) atoms. The molecule has 0 bridgehead atoms. The second kappa shape index (κ2) is 7.06. The van der Waals surface area contributed by atoms with Crippen LogP contribution in [0.1, 0.15) is 13.3 Å². The molecule has 0 saturated carbocycles. The molecular formula is C14H17BrFN3O3. The third-order valence-electron chi connectivity index (χ3n) is 3.52. The maximum Gasteiger partial charge on any atom is 0.319 e. The van der Waals surface area contributed by atoms with Crippen LogP contribution in [0.4, 0.5) is 14.9 Å². The van der Waals surface area contributed by atoms with Crippen LogP contribution in [0.2, 0.25) is 0 Å². The highest BCUT2D eigenvalue weighted by Gasteiger charge is 2.37. The topological polar surface area (TPSA) is 81.7 Å². The van der Waals surface area contributed by atoms with Crippen LogP contribution in [-0.4, -0.2) is 47.2 Å². The SMILES string of the molecule is CC1C[C@H](NC(=O)Nc2ccc(Br)cc2F)C(=O)N1CCO. The van der Waals surface area contributed by atoms with Crippen LogP contribution in [0.5, 0.6) is 0 Å². The van der Waals surface area contributed by atoms with Crippen molar-refractivity contribution < 1.29 is 19.1 Å². The molecule has 120 valence electrons. The van der Waals surface area contributed by atoms with Gasteiger partial charge in [-0.1, -0.05) is 15.9 Å². The molecule has 1 unspecified atom stereocenters. The molecule has 2 atom stereocenters. The number of nitrogens with one attached hydrogen (secondary N) is 2. The van der Waals surface area contributed by atoms with E-state index in [1.165, 1.54) is 17.0 Å². The lowest BCUT2D eigenvalue weighted by Gasteiger charge is -2.20. The van der Waals surface area contributed by atoms with E-state index in [4.69, 9.17) is 5.11 Å². The smallest absolute Gasteiger partial charge is 0.319 e. The molecule has 0 radical (unpaired) electrons. The van der Waals surface area contributed by atoms with Crippen molar-refractivity contribution in [2.24, 2.45) is 0 Å². The Bertz CT molecular complexity index is 584. The largest absolute Gasteiger partial charge is 0.395 e. The molecule has 8 heteroatoms. The molecule has 2 rings (SSSR count). The Morgan fingerprint density at radius 1 is 1.55 bits per heavy atom. The monoisotopic (exact) mass is 373 g/mol. The summed E-state index contributed by atoms with van der Waals surface area (Å²) in [4.78, 5) is 25.5. The zero-order valence-electron chi connectivity index (χ0n) is 12.0. The lowest BCUT2D eigenvalue weighted by molar-refractivity contribution is -0.130. The van der Waals surface area contributed by atoms with E-state index in [2.05, 4.69) is 26.6 Å². The van der Waals surface area contributed by atoms with E-state index >= 15 is 0 Å². The van der Waals surface area contributed by atoms with Gasteiger partial charge in [0.15, 0.2) is 0 Å². The number of rotatable bonds is 4. The number of halogens is 2. The van der Waals surface area contributed by atoms with Crippen LogP contribution in [0.15, 0.2) is 22.7 Å². The van der Waals surface area contributed by atoms with Crippen molar-refractivity contribution in [3.63, 3.8) is 0 Å². The van der Waals surface area contributed by atoms with Crippen molar-refractivity contribution in [3.05, 3.63) is 28.5 Å². The molecule has 1 fully saturated rings. The van der Waals surface area contributed by atoms with Gasteiger partial charge in [0.05, 0.1) is 12.3 Å². The Labute approximate surface area is 135 Å². The third-order valence-corrected chi connectivity index (χ3v) is 4.01. The first-order valence-corrected chi connectivity index (χ1v) is 7.65. The summed E-state index contributed by atoms with van der Waals surface area (Å²) in [7, 11) is 0. The number of benzene rings is 1. The summed E-state index contributed by atoms with van der Waals surface area (Å²) >= 11 is 3.13. The first-order valence-electron chi connectivity index (χ1n) is 6.86. The summed E-state index contributed by atoms with van der Waals surface area (Å²) in [6.07, 6.45) is 0.453. The Hall–Kier alpha value is -1.67. The number of likely N-dealkylation sites (tertiary alicyclic amines) is 1. The molecule has 1 aromatic rings. The van der Waals surface area contributed by atoms with Gasteiger partial charge in [0.25, 0.3) is 0 Å². The average Bonchev–Trinajstić information content (AvgIpc) is 2.70. The summed E-state index contributed by atoms with van der Waals surface area (Å²) < 4.78 is 14.2. The predicted molar refractivity (Wildman–Crippen MR) is 82.9 cm³/mol. The lowest BCUT2D eigenvalue weighted by Crippen LogP contribution is -2.44. The van der Waals surface area contributed by atoms with Crippen molar-refractivity contribution in [3.8, 4) is 0 Å². The highest BCUT2D eigenvalue weighted by molar-refractivity contribution is 9.10. The Morgan fingerprint density at radius 3 is 2.91 bits per heavy atom. The minimum atomic E-state index is -0.667. The number of anilines is 1. The number of urea groups is 1. The molecular weight excluding hydrogens is 357 g/mol. The number of hydrogen-bond donors (Lipinski definition) is 3. The first-order chi connectivity index (χ1) is 10.4. The summed E-state index contributed by atoms with van der Waals surface area (Å²) in [6, 6.07) is 2.90. The van der Waals surface area contributed by atoms with Crippen LogP contribution < -0.4 is 10.6 Å². The summed E-state index contributed by atoms with van der Waals surface area (Å²) in [6.45, 7) is 1.96. The number of aliphatic hydroxyl groups excluding tert-OH is 1. The highest BCUT2D eigenvalue weighted by atomic mass is 79.9. The van der Waals surface area contributed by atoms with Crippen molar-refractivity contribution in [1.29, 1.82) is 0 Å². The van der Waals surface area contributed by atoms with Gasteiger partial charge in [-0.05, 0) is 31.5 Å². The maximum absolute atomic E-state index is 13.7. The molecule has 3 N–H and O–H groups in total. The van der Waals surface area contributed by atoms with Crippen LogP contribution >= 0.6 is 15.9 Å². The first kappa shape index (κ1) is 16.7. The van der Waals surface area contributed by atoms with Crippen molar-refractivity contribution in [2.45, 2.75) is 25.4 Å². The van der Waals surface area contributed by atoms with Crippen LogP contribution in [0.3, 0.4) is 0 Å². The summed E-state index contributed by atoms with van der Waals surface area (Å²) in [5.74, 6) is -0.814. The number of hydrogen-bond acceptors (Lipinski definition) is 3. The zero-order chi connectivity index (χ0) is 16.3. The van der Waals surface area contributed by atoms with Crippen LogP contribution in [0.25, 0.3) is 0 Å². The predicted octanol–water partition coefficient (Wildman–Crippen LogP) is 1.69. The molecule has 1 aromatic carbocycles. The number of carbonyl (C=O) groups is 2. The minimum absolute atomic E-state index is 0.0337. The van der Waals surface area contributed by atoms with Gasteiger partial charge in [0.1, 0.15) is 11.9 Å². The van der Waals surface area contributed by atoms with Crippen molar-refractivity contribution in [1.82, 2.24) is 10.2 Å². The third kappa shape index (κ3) is 3.75. The molecule has 6 nitrogen and oxygen atoms in total. The van der Waals surface area contributed by atoms with E-state index in [-0.39, 0.29) is 30.8 Å². The van der Waals surface area contributed by atoms with E-state index in [0.717, 1.165) is 0 Å². The molecule has 0 spiro atoms. The minimum Gasteiger partial charge on any atom is -0.395 e. The summed E-state index contributed by atoms with van der Waals surface area (Å²) in [5.41, 5.74) is 0.0337. The Balaban J connectivity index is 1.96. The van der Waals surface area contributed by atoms with Gasteiger partial charge in [0.2, 0.25) is 5.91 Å². The Kier molecular flexibility index (Phi) is 5.36. The van der Waals surface area contributed by atoms with E-state index in [0.29, 0.717) is 10.9 Å². The maximum atomic E-state index is 13.7. The van der Waals surface area contributed by atoms with Crippen molar-refractivity contribution in [2.75, 3.05) is 18.5 Å². The number of carbonyl (C=O) groups excluding carboxylic acids is 2. The fourth-order valence-electron chi connectivity index (χ4n) is 2.45. The normalized spacial score (nSPS) is 21.1. The molecule has 1 heterocycles. The van der Waals surface area contributed by atoms with Crippen molar-refractivity contribution >= 4 is 33.6 Å². The molecule has 0 aromatic heterocycles. The molecule has 0 aliphatic carbocycles. The van der Waals surface area contributed by atoms with Gasteiger partial charge >= 0.3 is 6.03 Å². The van der Waals surface area contributed by atoms with Crippen LogP contribution in [0, 0.1) is 5.82 Å². The van der Waals surface area contributed by atoms with Gasteiger partial charge in [-0.2, -0.15) is 0 Å². The Morgan fingerprint density at radius 2 is 2.27 bits per heavy atom. The summed E-state index contributed by atoms with van der Waals surface area (Å²) in [5, 5.41) is 13.9. The van der Waals surface area contributed by atoms with Gasteiger partial charge in [-0.15, -0.1) is 0 Å².